The third-order valence-corrected chi connectivity index (χ3v) is 3.13. The van der Waals surface area contributed by atoms with Crippen LogP contribution in [0.15, 0.2) is 42.0 Å². The summed E-state index contributed by atoms with van der Waals surface area (Å²) in [5.41, 5.74) is 0.934. The predicted molar refractivity (Wildman–Crippen MR) is 68.1 cm³/mol. The second-order valence-electron chi connectivity index (χ2n) is 4.16. The van der Waals surface area contributed by atoms with Crippen molar-refractivity contribution in [2.24, 2.45) is 0 Å². The van der Waals surface area contributed by atoms with Crippen LogP contribution in [0.1, 0.15) is 17.3 Å². The van der Waals surface area contributed by atoms with Crippen molar-refractivity contribution in [2.75, 3.05) is 14.2 Å². The molecule has 0 saturated heterocycles. The number of imide groups is 1. The van der Waals surface area contributed by atoms with Gasteiger partial charge >= 0.3 is 0 Å². The predicted octanol–water partition coefficient (Wildman–Crippen LogP) is 1.56. The van der Waals surface area contributed by atoms with Crippen molar-refractivity contribution in [3.8, 4) is 0 Å². The normalized spacial score (nSPS) is 17.5. The highest BCUT2D eigenvalue weighted by Gasteiger charge is 2.50. The molecule has 0 N–H and O–H groups in total. The first-order valence-electron chi connectivity index (χ1n) is 5.79. The van der Waals surface area contributed by atoms with E-state index >= 15 is 0 Å². The molecule has 1 aliphatic rings. The molecule has 2 rings (SSSR count). The van der Waals surface area contributed by atoms with Crippen LogP contribution in [0.2, 0.25) is 0 Å². The van der Waals surface area contributed by atoms with Crippen LogP contribution >= 0.6 is 0 Å². The van der Waals surface area contributed by atoms with Gasteiger partial charge in [-0.05, 0) is 19.1 Å². The van der Waals surface area contributed by atoms with Crippen molar-refractivity contribution in [3.63, 3.8) is 0 Å². The molecule has 0 fully saturated rings. The number of nitrogens with zero attached hydrogens (tertiary/aromatic N) is 1. The molecular weight excluding hydrogens is 246 g/mol. The van der Waals surface area contributed by atoms with Crippen molar-refractivity contribution >= 4 is 11.8 Å². The summed E-state index contributed by atoms with van der Waals surface area (Å²) >= 11 is 0. The molecule has 1 heterocycles. The van der Waals surface area contributed by atoms with E-state index in [0.717, 1.165) is 4.90 Å². The number of benzene rings is 1. The number of amides is 2. The first kappa shape index (κ1) is 13.5. The molecule has 1 aromatic carbocycles. The highest BCUT2D eigenvalue weighted by molar-refractivity contribution is 6.10. The summed E-state index contributed by atoms with van der Waals surface area (Å²) in [4.78, 5) is 25.4. The number of rotatable bonds is 3. The molecule has 0 bridgehead atoms. The molecule has 1 aliphatic heterocycles. The van der Waals surface area contributed by atoms with Gasteiger partial charge < -0.3 is 9.47 Å². The number of carbonyl (C=O) groups excluding carboxylic acids is 2. The average Bonchev–Trinajstić information content (AvgIpc) is 2.69. The summed E-state index contributed by atoms with van der Waals surface area (Å²) in [6.45, 7) is 1.68. The van der Waals surface area contributed by atoms with E-state index in [-0.39, 0.29) is 0 Å². The van der Waals surface area contributed by atoms with Gasteiger partial charge in [0.1, 0.15) is 0 Å². The van der Waals surface area contributed by atoms with Gasteiger partial charge in [-0.1, -0.05) is 18.2 Å². The Bertz CT molecular complexity index is 532. The molecule has 0 unspecified atom stereocenters. The minimum absolute atomic E-state index is 0.400. The quantitative estimate of drug-likeness (QED) is 0.612. The summed E-state index contributed by atoms with van der Waals surface area (Å²) in [7, 11) is 2.79. The second-order valence-corrected chi connectivity index (χ2v) is 4.16. The topological polar surface area (TPSA) is 55.8 Å². The molecule has 5 nitrogen and oxygen atoms in total. The molecule has 1 aromatic rings. The minimum atomic E-state index is -1.45. The summed E-state index contributed by atoms with van der Waals surface area (Å²) in [5, 5.41) is 0. The summed E-state index contributed by atoms with van der Waals surface area (Å²) < 4.78 is 10.6. The van der Waals surface area contributed by atoms with Crippen molar-refractivity contribution in [3.05, 3.63) is 47.5 Å². The first-order valence-corrected chi connectivity index (χ1v) is 5.79. The lowest BCUT2D eigenvalue weighted by Gasteiger charge is -2.35. The molecule has 19 heavy (non-hydrogen) atoms. The van der Waals surface area contributed by atoms with Gasteiger partial charge in [0.05, 0.1) is 0 Å². The number of hydrogen-bond acceptors (Lipinski definition) is 4. The highest BCUT2D eigenvalue weighted by Crippen LogP contribution is 2.33. The fraction of sp³-hybridized carbons (Fsp3) is 0.286. The lowest BCUT2D eigenvalue weighted by Crippen LogP contribution is -2.53. The fourth-order valence-corrected chi connectivity index (χ4v) is 2.19. The van der Waals surface area contributed by atoms with E-state index in [1.54, 1.807) is 37.3 Å². The van der Waals surface area contributed by atoms with E-state index < -0.39 is 17.7 Å². The molecule has 0 aliphatic carbocycles. The van der Waals surface area contributed by atoms with Crippen molar-refractivity contribution in [2.45, 2.75) is 12.8 Å². The Morgan fingerprint density at radius 3 is 2.26 bits per heavy atom. The van der Waals surface area contributed by atoms with Gasteiger partial charge in [-0.15, -0.1) is 0 Å². The number of methoxy groups -OCH3 is 2. The molecular formula is C14H15NO4. The van der Waals surface area contributed by atoms with Crippen LogP contribution in [0.3, 0.4) is 0 Å². The molecule has 0 aromatic heterocycles. The van der Waals surface area contributed by atoms with Crippen LogP contribution < -0.4 is 0 Å². The Kier molecular flexibility index (Phi) is 3.50. The third kappa shape index (κ3) is 1.97. The second kappa shape index (κ2) is 4.95. The summed E-state index contributed by atoms with van der Waals surface area (Å²) in [6.07, 6.45) is 1.34. The van der Waals surface area contributed by atoms with E-state index in [1.165, 1.54) is 20.3 Å². The maximum Gasteiger partial charge on any atom is 0.285 e. The Morgan fingerprint density at radius 2 is 1.74 bits per heavy atom. The molecule has 0 radical (unpaired) electrons. The van der Waals surface area contributed by atoms with E-state index in [4.69, 9.17) is 9.47 Å². The Morgan fingerprint density at radius 1 is 1.16 bits per heavy atom. The molecule has 5 heteroatoms. The number of hydrogen-bond donors (Lipinski definition) is 0. The lowest BCUT2D eigenvalue weighted by atomic mass is 10.2. The third-order valence-electron chi connectivity index (χ3n) is 3.13. The molecule has 2 amide bonds. The van der Waals surface area contributed by atoms with Gasteiger partial charge in [-0.25, -0.2) is 4.90 Å². The maximum atomic E-state index is 12.4. The summed E-state index contributed by atoms with van der Waals surface area (Å²) in [6, 6.07) is 8.54. The fourth-order valence-electron chi connectivity index (χ4n) is 2.19. The first-order chi connectivity index (χ1) is 9.06. The molecule has 0 atom stereocenters. The van der Waals surface area contributed by atoms with Gasteiger partial charge in [0.15, 0.2) is 0 Å². The smallest absolute Gasteiger partial charge is 0.285 e. The Balaban J connectivity index is 2.44. The van der Waals surface area contributed by atoms with Crippen LogP contribution in [-0.2, 0) is 14.3 Å². The summed E-state index contributed by atoms with van der Waals surface area (Å²) in [5.74, 6) is -2.36. The Labute approximate surface area is 111 Å². The molecule has 0 spiro atoms. The standard InChI is InChI=1S/C14H15NO4/c1-10-9-12(16)15(14(10,18-2)19-3)13(17)11-7-5-4-6-8-11/h4-9H,1-3H3. The van der Waals surface area contributed by atoms with E-state index in [1.807, 2.05) is 0 Å². The minimum Gasteiger partial charge on any atom is -0.332 e. The largest absolute Gasteiger partial charge is 0.332 e. The zero-order chi connectivity index (χ0) is 14.0. The molecule has 0 saturated carbocycles. The van der Waals surface area contributed by atoms with E-state index in [0.29, 0.717) is 11.1 Å². The van der Waals surface area contributed by atoms with Crippen LogP contribution in [0.5, 0.6) is 0 Å². The highest BCUT2D eigenvalue weighted by atomic mass is 16.7. The van der Waals surface area contributed by atoms with Crippen LogP contribution in [0.25, 0.3) is 0 Å². The number of carbonyl (C=O) groups is 2. The van der Waals surface area contributed by atoms with Gasteiger partial charge in [-0.2, -0.15) is 0 Å². The van der Waals surface area contributed by atoms with E-state index in [9.17, 15) is 9.59 Å². The van der Waals surface area contributed by atoms with Gasteiger partial charge in [-0.3, -0.25) is 9.59 Å². The van der Waals surface area contributed by atoms with Crippen LogP contribution in [-0.4, -0.2) is 36.8 Å². The maximum absolute atomic E-state index is 12.4. The average molecular weight is 261 g/mol. The monoisotopic (exact) mass is 261 g/mol. The lowest BCUT2D eigenvalue weighted by molar-refractivity contribution is -0.240. The number of ether oxygens (including phenoxy) is 2. The Hall–Kier alpha value is -1.98. The van der Waals surface area contributed by atoms with Crippen LogP contribution in [0.4, 0.5) is 0 Å². The van der Waals surface area contributed by atoms with E-state index in [2.05, 4.69) is 0 Å². The zero-order valence-electron chi connectivity index (χ0n) is 11.0. The van der Waals surface area contributed by atoms with Gasteiger partial charge in [0.2, 0.25) is 0 Å². The van der Waals surface area contributed by atoms with Crippen molar-refractivity contribution in [1.29, 1.82) is 0 Å². The molecule has 100 valence electrons. The zero-order valence-corrected chi connectivity index (χ0v) is 11.0. The van der Waals surface area contributed by atoms with Gasteiger partial charge in [0.25, 0.3) is 17.7 Å². The van der Waals surface area contributed by atoms with Crippen LogP contribution in [0, 0.1) is 0 Å². The van der Waals surface area contributed by atoms with Crippen molar-refractivity contribution in [1.82, 2.24) is 4.90 Å². The van der Waals surface area contributed by atoms with Crippen molar-refractivity contribution < 1.29 is 19.1 Å². The SMILES string of the molecule is COC1(OC)C(C)=CC(=O)N1C(=O)c1ccccc1. The van der Waals surface area contributed by atoms with Gasteiger partial charge in [0, 0.05) is 31.4 Å².